The summed E-state index contributed by atoms with van der Waals surface area (Å²) in [4.78, 5) is 34.8. The summed E-state index contributed by atoms with van der Waals surface area (Å²) >= 11 is 0. The Kier molecular flexibility index (Phi) is 12.6. The van der Waals surface area contributed by atoms with Crippen LogP contribution < -0.4 is 5.48 Å². The number of amides is 1. The molecule has 0 fully saturated rings. The summed E-state index contributed by atoms with van der Waals surface area (Å²) in [6.45, 7) is 4.27. The van der Waals surface area contributed by atoms with Gasteiger partial charge in [-0.25, -0.2) is 23.9 Å². The Labute approximate surface area is 200 Å². The Bertz CT molecular complexity index is 881. The normalized spacial score (nSPS) is 12.3. The van der Waals surface area contributed by atoms with Crippen LogP contribution in [0.4, 0.5) is 18.4 Å². The maximum atomic E-state index is 13.9. The van der Waals surface area contributed by atoms with Gasteiger partial charge in [-0.2, -0.15) is 0 Å². The molecule has 1 unspecified atom stereocenters. The second-order valence-corrected chi connectivity index (χ2v) is 9.64. The molecule has 1 amide bonds. The number of ether oxygens (including phenoxy) is 4. The summed E-state index contributed by atoms with van der Waals surface area (Å²) in [5.41, 5.74) is -0.192. The molecule has 0 bridgehead atoms. The van der Waals surface area contributed by atoms with Crippen molar-refractivity contribution >= 4 is 25.8 Å². The molecule has 35 heavy (non-hydrogen) atoms. The summed E-state index contributed by atoms with van der Waals surface area (Å²) < 4.78 is 70.3. The molecule has 12 nitrogen and oxygen atoms in total. The smallest absolute Gasteiger partial charge is 0.432 e. The Morgan fingerprint density at radius 3 is 1.89 bits per heavy atom. The Balaban J connectivity index is 3.19. The Morgan fingerprint density at radius 2 is 1.46 bits per heavy atom. The van der Waals surface area contributed by atoms with E-state index in [-0.39, 0.29) is 12.0 Å². The summed E-state index contributed by atoms with van der Waals surface area (Å²) in [5.74, 6) is -3.38. The van der Waals surface area contributed by atoms with Crippen LogP contribution in [0.15, 0.2) is 18.2 Å². The van der Waals surface area contributed by atoms with Gasteiger partial charge in [0, 0.05) is 6.42 Å². The van der Waals surface area contributed by atoms with Crippen molar-refractivity contribution < 1.29 is 60.9 Å². The lowest BCUT2D eigenvalue weighted by molar-refractivity contribution is -0.129. The van der Waals surface area contributed by atoms with Crippen molar-refractivity contribution in [1.82, 2.24) is 5.48 Å². The van der Waals surface area contributed by atoms with Crippen LogP contribution in [0.2, 0.25) is 0 Å². The molecule has 0 aliphatic rings. The van der Waals surface area contributed by atoms with Crippen molar-refractivity contribution in [2.45, 2.75) is 58.4 Å². The van der Waals surface area contributed by atoms with Crippen molar-refractivity contribution in [2.75, 3.05) is 13.6 Å². The fourth-order valence-corrected chi connectivity index (χ4v) is 4.32. The first kappa shape index (κ1) is 30.2. The fourth-order valence-electron chi connectivity index (χ4n) is 2.52. The van der Waals surface area contributed by atoms with E-state index in [1.165, 1.54) is 5.48 Å². The van der Waals surface area contributed by atoms with Gasteiger partial charge >= 0.3 is 19.9 Å². The number of halogens is 2. The molecule has 0 spiro atoms. The number of rotatable bonds is 13. The van der Waals surface area contributed by atoms with E-state index in [0.29, 0.717) is 6.07 Å². The highest BCUT2D eigenvalue weighted by atomic mass is 31.2. The first-order valence-electron chi connectivity index (χ1n) is 10.3. The number of benzene rings is 1. The van der Waals surface area contributed by atoms with Crippen LogP contribution in [0, 0.1) is 11.6 Å². The van der Waals surface area contributed by atoms with Gasteiger partial charge in [-0.1, -0.05) is 6.07 Å². The van der Waals surface area contributed by atoms with Crippen molar-refractivity contribution in [3.8, 4) is 0 Å². The highest BCUT2D eigenvalue weighted by Crippen LogP contribution is 2.63. The molecule has 0 radical (unpaired) electrons. The SMILES string of the molecule is CC(C)OC(=O)OCOP(=O)(OCOC(=O)OC(C)C)C(CCC(=O)NO)c1ccc(F)c(F)c1. The van der Waals surface area contributed by atoms with E-state index >= 15 is 0 Å². The number of hydroxylamine groups is 1. The molecule has 198 valence electrons. The first-order valence-corrected chi connectivity index (χ1v) is 11.9. The third-order valence-corrected chi connectivity index (χ3v) is 6.21. The molecule has 2 N–H and O–H groups in total. The van der Waals surface area contributed by atoms with Gasteiger partial charge in [-0.15, -0.1) is 0 Å². The van der Waals surface area contributed by atoms with E-state index in [1.54, 1.807) is 27.7 Å². The average molecular weight is 527 g/mol. The molecule has 0 heterocycles. The van der Waals surface area contributed by atoms with Gasteiger partial charge in [0.05, 0.1) is 17.9 Å². The molecule has 0 saturated carbocycles. The first-order chi connectivity index (χ1) is 16.4. The summed E-state index contributed by atoms with van der Waals surface area (Å²) in [6, 6.07) is 2.53. The van der Waals surface area contributed by atoms with E-state index < -0.39 is 75.3 Å². The number of nitrogens with one attached hydrogen (secondary N) is 1. The lowest BCUT2D eigenvalue weighted by Gasteiger charge is -2.27. The molecule has 1 aromatic rings. The van der Waals surface area contributed by atoms with Gasteiger partial charge in [0.2, 0.25) is 19.5 Å². The summed E-state index contributed by atoms with van der Waals surface area (Å²) in [5, 5.41) is 8.77. The van der Waals surface area contributed by atoms with Crippen LogP contribution in [0.3, 0.4) is 0 Å². The monoisotopic (exact) mass is 527 g/mol. The van der Waals surface area contributed by atoms with E-state index in [1.807, 2.05) is 0 Å². The third kappa shape index (κ3) is 11.0. The molecule has 1 atom stereocenters. The standard InChI is InChI=1S/C20H28F2NO11P/c1-12(2)33-19(25)29-10-31-35(28,32-11-30-20(26)34-13(3)4)17(7-8-18(24)23-27)14-5-6-15(21)16(22)9-14/h5-6,9,12-13,17,27H,7-8,10-11H2,1-4H3,(H,23,24). The molecular formula is C20H28F2NO11P. The van der Waals surface area contributed by atoms with Crippen LogP contribution in [-0.2, 0) is 37.4 Å². The largest absolute Gasteiger partial charge is 0.510 e. The number of hydrogen-bond acceptors (Lipinski definition) is 11. The van der Waals surface area contributed by atoms with Gasteiger partial charge < -0.3 is 18.9 Å². The average Bonchev–Trinajstić information content (AvgIpc) is 2.75. The Hall–Kier alpha value is -2.80. The third-order valence-electron chi connectivity index (χ3n) is 3.96. The number of hydrogen-bond donors (Lipinski definition) is 2. The van der Waals surface area contributed by atoms with Crippen molar-refractivity contribution in [2.24, 2.45) is 0 Å². The van der Waals surface area contributed by atoms with Gasteiger partial charge in [0.1, 0.15) is 0 Å². The minimum atomic E-state index is -4.55. The van der Waals surface area contributed by atoms with Gasteiger partial charge in [0.25, 0.3) is 0 Å². The second kappa shape index (κ2) is 14.6. The Morgan fingerprint density at radius 1 is 0.943 bits per heavy atom. The number of carbonyl (C=O) groups is 3. The molecule has 1 rings (SSSR count). The van der Waals surface area contributed by atoms with Gasteiger partial charge in [-0.3, -0.25) is 23.6 Å². The molecule has 0 aliphatic carbocycles. The molecular weight excluding hydrogens is 499 g/mol. The second-order valence-electron chi connectivity index (χ2n) is 7.42. The van der Waals surface area contributed by atoms with Crippen LogP contribution in [0.1, 0.15) is 51.8 Å². The van der Waals surface area contributed by atoms with Crippen molar-refractivity contribution in [3.63, 3.8) is 0 Å². The van der Waals surface area contributed by atoms with Crippen LogP contribution in [0.25, 0.3) is 0 Å². The maximum Gasteiger partial charge on any atom is 0.510 e. The van der Waals surface area contributed by atoms with Gasteiger partial charge in [0.15, 0.2) is 11.6 Å². The molecule has 15 heteroatoms. The molecule has 0 saturated heterocycles. The minimum absolute atomic E-state index is 0.118. The van der Waals surface area contributed by atoms with E-state index in [0.717, 1.165) is 12.1 Å². The zero-order valence-electron chi connectivity index (χ0n) is 19.5. The predicted molar refractivity (Wildman–Crippen MR) is 113 cm³/mol. The molecule has 0 aromatic heterocycles. The number of carbonyl (C=O) groups excluding carboxylic acids is 3. The van der Waals surface area contributed by atoms with E-state index in [2.05, 4.69) is 9.47 Å². The van der Waals surface area contributed by atoms with E-state index in [4.69, 9.17) is 23.7 Å². The van der Waals surface area contributed by atoms with Gasteiger partial charge in [-0.05, 0) is 51.8 Å². The highest BCUT2D eigenvalue weighted by Gasteiger charge is 2.39. The van der Waals surface area contributed by atoms with Crippen molar-refractivity contribution in [3.05, 3.63) is 35.4 Å². The van der Waals surface area contributed by atoms with Crippen molar-refractivity contribution in [1.29, 1.82) is 0 Å². The van der Waals surface area contributed by atoms with E-state index in [9.17, 15) is 27.7 Å². The summed E-state index contributed by atoms with van der Waals surface area (Å²) in [6.07, 6.45) is -4.21. The van der Waals surface area contributed by atoms with Crippen LogP contribution in [-0.4, -0.2) is 49.2 Å². The topological polar surface area (TPSA) is 156 Å². The highest BCUT2D eigenvalue weighted by molar-refractivity contribution is 7.54. The van der Waals surface area contributed by atoms with Crippen LogP contribution in [0.5, 0.6) is 0 Å². The fraction of sp³-hybridized carbons (Fsp3) is 0.550. The lowest BCUT2D eigenvalue weighted by atomic mass is 10.1. The zero-order valence-corrected chi connectivity index (χ0v) is 20.4. The summed E-state index contributed by atoms with van der Waals surface area (Å²) in [7, 11) is -4.55. The molecule has 1 aromatic carbocycles. The van der Waals surface area contributed by atoms with Crippen LogP contribution >= 0.6 is 7.60 Å². The molecule has 0 aliphatic heterocycles. The quantitative estimate of drug-likeness (QED) is 0.122. The maximum absolute atomic E-state index is 13.9. The lowest BCUT2D eigenvalue weighted by Crippen LogP contribution is -2.21. The predicted octanol–water partition coefficient (Wildman–Crippen LogP) is 4.56. The zero-order chi connectivity index (χ0) is 26.6. The minimum Gasteiger partial charge on any atom is -0.432 e.